The Labute approximate surface area is 110 Å². The number of halogens is 1. The first-order chi connectivity index (χ1) is 8.08. The average molecular weight is 297 g/mol. The second-order valence-corrected chi connectivity index (χ2v) is 5.53. The van der Waals surface area contributed by atoms with E-state index >= 15 is 0 Å². The van der Waals surface area contributed by atoms with Gasteiger partial charge in [0.25, 0.3) is 0 Å². The maximum Gasteiger partial charge on any atom is 0.227 e. The molecule has 0 aliphatic carbocycles. The highest BCUT2D eigenvalue weighted by Crippen LogP contribution is 2.25. The van der Waals surface area contributed by atoms with Crippen molar-refractivity contribution >= 4 is 27.5 Å². The average Bonchev–Trinajstić information content (AvgIpc) is 2.19. The van der Waals surface area contributed by atoms with Crippen molar-refractivity contribution in [2.24, 2.45) is 11.8 Å². The fourth-order valence-corrected chi connectivity index (χ4v) is 2.44. The number of hydrogen-bond acceptors (Lipinski definition) is 2. The molecular formula is C13H17BrN2O. The quantitative estimate of drug-likeness (QED) is 0.900. The highest BCUT2D eigenvalue weighted by Gasteiger charge is 2.28. The van der Waals surface area contributed by atoms with Gasteiger partial charge in [-0.3, -0.25) is 4.79 Å². The van der Waals surface area contributed by atoms with Crippen LogP contribution in [0.3, 0.4) is 0 Å². The van der Waals surface area contributed by atoms with E-state index in [0.29, 0.717) is 5.92 Å². The van der Waals surface area contributed by atoms with Crippen molar-refractivity contribution in [3.05, 3.63) is 28.2 Å². The molecule has 2 N–H and O–H groups in total. The lowest BCUT2D eigenvalue weighted by Crippen LogP contribution is -2.48. The summed E-state index contributed by atoms with van der Waals surface area (Å²) in [5, 5.41) is 6.16. The molecule has 0 radical (unpaired) electrons. The third-order valence-electron chi connectivity index (χ3n) is 3.32. The molecule has 2 rings (SSSR count). The molecule has 17 heavy (non-hydrogen) atoms. The summed E-state index contributed by atoms with van der Waals surface area (Å²) in [5.41, 5.74) is 2.02. The van der Waals surface area contributed by atoms with Gasteiger partial charge in [-0.1, -0.05) is 13.0 Å². The first-order valence-corrected chi connectivity index (χ1v) is 6.65. The topological polar surface area (TPSA) is 41.1 Å². The Morgan fingerprint density at radius 1 is 1.53 bits per heavy atom. The molecule has 1 aliphatic heterocycles. The van der Waals surface area contributed by atoms with Crippen LogP contribution in [-0.4, -0.2) is 19.0 Å². The van der Waals surface area contributed by atoms with Gasteiger partial charge in [-0.15, -0.1) is 0 Å². The molecule has 0 bridgehead atoms. The number of anilines is 1. The standard InChI is InChI=1S/C13H17BrN2O/c1-8-3-4-12(11(14)5-8)16-13(17)9(2)10-6-15-7-10/h3-5,9-10,15H,6-7H2,1-2H3,(H,16,17). The van der Waals surface area contributed by atoms with Gasteiger partial charge in [0.15, 0.2) is 0 Å². The predicted molar refractivity (Wildman–Crippen MR) is 73.0 cm³/mol. The van der Waals surface area contributed by atoms with Gasteiger partial charge in [-0.05, 0) is 59.6 Å². The Morgan fingerprint density at radius 2 is 2.24 bits per heavy atom. The predicted octanol–water partition coefficient (Wildman–Crippen LogP) is 2.55. The van der Waals surface area contributed by atoms with Crippen LogP contribution >= 0.6 is 15.9 Å². The number of amides is 1. The van der Waals surface area contributed by atoms with Crippen molar-refractivity contribution in [1.82, 2.24) is 5.32 Å². The maximum absolute atomic E-state index is 12.0. The van der Waals surface area contributed by atoms with Gasteiger partial charge < -0.3 is 10.6 Å². The van der Waals surface area contributed by atoms with Gasteiger partial charge in [-0.25, -0.2) is 0 Å². The summed E-state index contributed by atoms with van der Waals surface area (Å²) in [7, 11) is 0. The zero-order valence-electron chi connectivity index (χ0n) is 10.1. The Bertz CT molecular complexity index is 429. The van der Waals surface area contributed by atoms with Gasteiger partial charge in [0.05, 0.1) is 5.69 Å². The first-order valence-electron chi connectivity index (χ1n) is 5.85. The van der Waals surface area contributed by atoms with Gasteiger partial charge >= 0.3 is 0 Å². The van der Waals surface area contributed by atoms with E-state index in [9.17, 15) is 4.79 Å². The van der Waals surface area contributed by atoms with Crippen molar-refractivity contribution in [2.45, 2.75) is 13.8 Å². The Kier molecular flexibility index (Phi) is 3.84. The molecule has 0 spiro atoms. The van der Waals surface area contributed by atoms with Crippen LogP contribution in [0.2, 0.25) is 0 Å². The highest BCUT2D eigenvalue weighted by molar-refractivity contribution is 9.10. The van der Waals surface area contributed by atoms with Crippen molar-refractivity contribution in [3.63, 3.8) is 0 Å². The summed E-state index contributed by atoms with van der Waals surface area (Å²) in [6, 6.07) is 5.93. The molecule has 1 aromatic rings. The lowest BCUT2D eigenvalue weighted by molar-refractivity contribution is -0.121. The monoisotopic (exact) mass is 296 g/mol. The van der Waals surface area contributed by atoms with Gasteiger partial charge in [-0.2, -0.15) is 0 Å². The number of nitrogens with one attached hydrogen (secondary N) is 2. The minimum absolute atomic E-state index is 0.0597. The van der Waals surface area contributed by atoms with Crippen molar-refractivity contribution < 1.29 is 4.79 Å². The van der Waals surface area contributed by atoms with E-state index in [1.165, 1.54) is 5.56 Å². The number of benzene rings is 1. The Hall–Kier alpha value is -0.870. The lowest BCUT2D eigenvalue weighted by Gasteiger charge is -2.31. The molecule has 1 aromatic carbocycles. The van der Waals surface area contributed by atoms with Gasteiger partial charge in [0.2, 0.25) is 5.91 Å². The van der Waals surface area contributed by atoms with E-state index in [1.54, 1.807) is 0 Å². The molecule has 1 atom stereocenters. The number of carbonyl (C=O) groups is 1. The molecule has 1 saturated heterocycles. The van der Waals surface area contributed by atoms with Crippen LogP contribution in [0.5, 0.6) is 0 Å². The lowest BCUT2D eigenvalue weighted by atomic mass is 9.88. The summed E-state index contributed by atoms with van der Waals surface area (Å²) in [6.45, 7) is 5.91. The minimum atomic E-state index is 0.0597. The van der Waals surface area contributed by atoms with E-state index in [-0.39, 0.29) is 11.8 Å². The van der Waals surface area contributed by atoms with Crippen LogP contribution in [0.4, 0.5) is 5.69 Å². The summed E-state index contributed by atoms with van der Waals surface area (Å²) in [4.78, 5) is 12.0. The van der Waals surface area contributed by atoms with E-state index in [4.69, 9.17) is 0 Å². The minimum Gasteiger partial charge on any atom is -0.325 e. The zero-order chi connectivity index (χ0) is 12.4. The fourth-order valence-electron chi connectivity index (χ4n) is 1.85. The molecule has 1 amide bonds. The van der Waals surface area contributed by atoms with E-state index in [2.05, 4.69) is 26.6 Å². The first kappa shape index (κ1) is 12.6. The smallest absolute Gasteiger partial charge is 0.227 e. The molecule has 92 valence electrons. The van der Waals surface area contributed by atoms with Crippen molar-refractivity contribution in [2.75, 3.05) is 18.4 Å². The molecule has 1 aliphatic rings. The maximum atomic E-state index is 12.0. The molecule has 1 heterocycles. The van der Waals surface area contributed by atoms with Crippen LogP contribution in [0.25, 0.3) is 0 Å². The molecular weight excluding hydrogens is 280 g/mol. The molecule has 0 aromatic heterocycles. The SMILES string of the molecule is Cc1ccc(NC(=O)C(C)C2CNC2)c(Br)c1. The molecule has 0 saturated carbocycles. The molecule has 3 nitrogen and oxygen atoms in total. The van der Waals surface area contributed by atoms with Crippen molar-refractivity contribution in [3.8, 4) is 0 Å². The summed E-state index contributed by atoms with van der Waals surface area (Å²) in [6.07, 6.45) is 0. The van der Waals surface area contributed by atoms with E-state index < -0.39 is 0 Å². The number of hydrogen-bond donors (Lipinski definition) is 2. The van der Waals surface area contributed by atoms with E-state index in [0.717, 1.165) is 23.2 Å². The summed E-state index contributed by atoms with van der Waals surface area (Å²) < 4.78 is 0.935. The third kappa shape index (κ3) is 2.87. The zero-order valence-corrected chi connectivity index (χ0v) is 11.7. The molecule has 1 fully saturated rings. The van der Waals surface area contributed by atoms with Gasteiger partial charge in [0.1, 0.15) is 0 Å². The summed E-state index contributed by atoms with van der Waals surface area (Å²) in [5.74, 6) is 0.629. The largest absolute Gasteiger partial charge is 0.325 e. The normalized spacial score (nSPS) is 17.4. The second-order valence-electron chi connectivity index (χ2n) is 4.68. The second kappa shape index (κ2) is 5.19. The van der Waals surface area contributed by atoms with Crippen LogP contribution in [0, 0.1) is 18.8 Å². The molecule has 4 heteroatoms. The molecule has 1 unspecified atom stereocenters. The van der Waals surface area contributed by atoms with Crippen LogP contribution < -0.4 is 10.6 Å². The fraction of sp³-hybridized carbons (Fsp3) is 0.462. The highest BCUT2D eigenvalue weighted by atomic mass is 79.9. The Morgan fingerprint density at radius 3 is 2.76 bits per heavy atom. The summed E-state index contributed by atoms with van der Waals surface area (Å²) >= 11 is 3.47. The van der Waals surface area contributed by atoms with E-state index in [1.807, 2.05) is 32.0 Å². The van der Waals surface area contributed by atoms with Crippen LogP contribution in [0.15, 0.2) is 22.7 Å². The number of rotatable bonds is 3. The number of carbonyl (C=O) groups excluding carboxylic acids is 1. The number of aryl methyl sites for hydroxylation is 1. The van der Waals surface area contributed by atoms with Gasteiger partial charge in [0, 0.05) is 10.4 Å². The van der Waals surface area contributed by atoms with Crippen LogP contribution in [-0.2, 0) is 4.79 Å². The van der Waals surface area contributed by atoms with Crippen LogP contribution in [0.1, 0.15) is 12.5 Å². The van der Waals surface area contributed by atoms with Crippen molar-refractivity contribution in [1.29, 1.82) is 0 Å². The Balaban J connectivity index is 2.02. The third-order valence-corrected chi connectivity index (χ3v) is 3.97.